The minimum Gasteiger partial charge on any atom is -0.392 e. The van der Waals surface area contributed by atoms with Crippen LogP contribution in [0, 0.1) is 0 Å². The van der Waals surface area contributed by atoms with Gasteiger partial charge in [0.05, 0.1) is 0 Å². The topological polar surface area (TPSA) is 38.7 Å². The van der Waals surface area contributed by atoms with Crippen LogP contribution in [-0.2, 0) is 4.84 Å². The van der Waals surface area contributed by atoms with E-state index in [0.29, 0.717) is 17.7 Å². The molecule has 1 atom stereocenters. The second kappa shape index (κ2) is 11.8. The summed E-state index contributed by atoms with van der Waals surface area (Å²) in [5.41, 5.74) is 1.27. The van der Waals surface area contributed by atoms with E-state index in [1.165, 1.54) is 64.2 Å². The van der Waals surface area contributed by atoms with Gasteiger partial charge in [-0.15, -0.1) is 0 Å². The van der Waals surface area contributed by atoms with E-state index in [1.54, 1.807) is 0 Å². The first-order chi connectivity index (χ1) is 12.3. The molecule has 3 nitrogen and oxygen atoms in total. The standard InChI is InChI=1S/C22H33NO2/c1-2-3-4-5-6-7-8-9-10-14-17-20-18-21(23-25-20)22(24)19-15-12-11-13-16-19/h11-13,15-16,20H,2-10,14,17-18H2,1H3. The summed E-state index contributed by atoms with van der Waals surface area (Å²) in [5, 5.41) is 4.02. The van der Waals surface area contributed by atoms with Crippen LogP contribution in [0.25, 0.3) is 0 Å². The van der Waals surface area contributed by atoms with Gasteiger partial charge in [0.25, 0.3) is 0 Å². The average molecular weight is 344 g/mol. The Bertz CT molecular complexity index is 524. The summed E-state index contributed by atoms with van der Waals surface area (Å²) >= 11 is 0. The maximum absolute atomic E-state index is 12.3. The highest BCUT2D eigenvalue weighted by Crippen LogP contribution is 2.20. The van der Waals surface area contributed by atoms with Crippen LogP contribution in [0.2, 0.25) is 0 Å². The Morgan fingerprint density at radius 2 is 1.56 bits per heavy atom. The highest BCUT2D eigenvalue weighted by atomic mass is 16.6. The van der Waals surface area contributed by atoms with Crippen LogP contribution in [0.15, 0.2) is 35.5 Å². The van der Waals surface area contributed by atoms with Crippen molar-refractivity contribution in [1.29, 1.82) is 0 Å². The number of hydrogen-bond acceptors (Lipinski definition) is 3. The number of carbonyl (C=O) groups is 1. The summed E-state index contributed by atoms with van der Waals surface area (Å²) in [4.78, 5) is 17.8. The van der Waals surface area contributed by atoms with E-state index >= 15 is 0 Å². The fourth-order valence-corrected chi connectivity index (χ4v) is 3.33. The number of carbonyl (C=O) groups excluding carboxylic acids is 1. The third kappa shape index (κ3) is 7.41. The molecule has 1 heterocycles. The van der Waals surface area contributed by atoms with Gasteiger partial charge in [-0.25, -0.2) is 0 Å². The van der Waals surface area contributed by atoms with Crippen LogP contribution in [0.5, 0.6) is 0 Å². The van der Waals surface area contributed by atoms with Crippen molar-refractivity contribution in [1.82, 2.24) is 0 Å². The van der Waals surface area contributed by atoms with Gasteiger partial charge in [0, 0.05) is 12.0 Å². The Hall–Kier alpha value is -1.64. The molecule has 1 aromatic carbocycles. The van der Waals surface area contributed by atoms with Gasteiger partial charge in [0.1, 0.15) is 11.8 Å². The minimum atomic E-state index is 0.00572. The number of rotatable bonds is 13. The van der Waals surface area contributed by atoms with Crippen molar-refractivity contribution < 1.29 is 9.63 Å². The molecular weight excluding hydrogens is 310 g/mol. The fourth-order valence-electron chi connectivity index (χ4n) is 3.33. The molecule has 1 aliphatic heterocycles. The lowest BCUT2D eigenvalue weighted by atomic mass is 9.99. The second-order valence-corrected chi connectivity index (χ2v) is 7.14. The zero-order chi connectivity index (χ0) is 17.7. The Kier molecular flexibility index (Phi) is 9.32. The van der Waals surface area contributed by atoms with Crippen LogP contribution in [0.1, 0.15) is 94.3 Å². The van der Waals surface area contributed by atoms with Crippen molar-refractivity contribution in [3.8, 4) is 0 Å². The number of unbranched alkanes of at least 4 members (excludes halogenated alkanes) is 9. The highest BCUT2D eigenvalue weighted by molar-refractivity contribution is 6.46. The lowest BCUT2D eigenvalue weighted by Crippen LogP contribution is -2.15. The fraction of sp³-hybridized carbons (Fsp3) is 0.636. The molecule has 0 aliphatic carbocycles. The lowest BCUT2D eigenvalue weighted by Gasteiger charge is -2.07. The first-order valence-corrected chi connectivity index (χ1v) is 10.1. The summed E-state index contributed by atoms with van der Waals surface area (Å²) in [5.74, 6) is 0.00572. The predicted octanol–water partition coefficient (Wildman–Crippen LogP) is 6.33. The SMILES string of the molecule is CCCCCCCCCCCCC1CC(C(=O)c2ccccc2)=NO1. The molecule has 1 unspecified atom stereocenters. The highest BCUT2D eigenvalue weighted by Gasteiger charge is 2.26. The predicted molar refractivity (Wildman–Crippen MR) is 104 cm³/mol. The number of Topliss-reactive ketones (excluding diaryl/α,β-unsaturated/α-hetero) is 1. The van der Waals surface area contributed by atoms with Gasteiger partial charge in [0.15, 0.2) is 0 Å². The molecule has 138 valence electrons. The molecule has 0 saturated heterocycles. The smallest absolute Gasteiger partial charge is 0.210 e. The molecule has 0 bridgehead atoms. The van der Waals surface area contributed by atoms with Crippen molar-refractivity contribution in [3.63, 3.8) is 0 Å². The number of oxime groups is 1. The number of hydrogen-bond donors (Lipinski definition) is 0. The largest absolute Gasteiger partial charge is 0.392 e. The van der Waals surface area contributed by atoms with E-state index < -0.39 is 0 Å². The molecule has 0 aromatic heterocycles. The first kappa shape index (κ1) is 19.7. The molecule has 0 saturated carbocycles. The average Bonchev–Trinajstić information content (AvgIpc) is 3.12. The number of ketones is 1. The maximum Gasteiger partial charge on any atom is 0.210 e. The maximum atomic E-state index is 12.3. The lowest BCUT2D eigenvalue weighted by molar-refractivity contribution is 0.0769. The monoisotopic (exact) mass is 343 g/mol. The first-order valence-electron chi connectivity index (χ1n) is 10.1. The van der Waals surface area contributed by atoms with E-state index in [1.807, 2.05) is 30.3 Å². The summed E-state index contributed by atoms with van der Waals surface area (Å²) in [6.07, 6.45) is 15.1. The van der Waals surface area contributed by atoms with E-state index in [0.717, 1.165) is 6.42 Å². The molecule has 0 fully saturated rings. The molecule has 0 spiro atoms. The summed E-state index contributed by atoms with van der Waals surface area (Å²) in [6, 6.07) is 9.34. The van der Waals surface area contributed by atoms with Crippen LogP contribution >= 0.6 is 0 Å². The van der Waals surface area contributed by atoms with Gasteiger partial charge in [-0.05, 0) is 12.8 Å². The van der Waals surface area contributed by atoms with Gasteiger partial charge < -0.3 is 4.84 Å². The second-order valence-electron chi connectivity index (χ2n) is 7.14. The van der Waals surface area contributed by atoms with E-state index in [9.17, 15) is 4.79 Å². The molecule has 0 radical (unpaired) electrons. The van der Waals surface area contributed by atoms with Crippen molar-refractivity contribution in [2.24, 2.45) is 5.16 Å². The van der Waals surface area contributed by atoms with Crippen molar-refractivity contribution in [3.05, 3.63) is 35.9 Å². The Morgan fingerprint density at radius 3 is 2.20 bits per heavy atom. The quantitative estimate of drug-likeness (QED) is 0.310. The Balaban J connectivity index is 1.50. The van der Waals surface area contributed by atoms with Crippen molar-refractivity contribution >= 4 is 11.5 Å². The molecule has 0 amide bonds. The zero-order valence-corrected chi connectivity index (χ0v) is 15.7. The van der Waals surface area contributed by atoms with Gasteiger partial charge in [-0.3, -0.25) is 4.79 Å². The normalized spacial score (nSPS) is 16.5. The van der Waals surface area contributed by atoms with Gasteiger partial charge in [-0.1, -0.05) is 100 Å². The van der Waals surface area contributed by atoms with Crippen LogP contribution < -0.4 is 0 Å². The summed E-state index contributed by atoms with van der Waals surface area (Å²) in [7, 11) is 0. The Morgan fingerprint density at radius 1 is 0.960 bits per heavy atom. The van der Waals surface area contributed by atoms with Crippen LogP contribution in [0.3, 0.4) is 0 Å². The minimum absolute atomic E-state index is 0.00572. The molecular formula is C22H33NO2. The van der Waals surface area contributed by atoms with Gasteiger partial charge in [-0.2, -0.15) is 0 Å². The molecule has 3 heteroatoms. The van der Waals surface area contributed by atoms with E-state index in [-0.39, 0.29) is 11.9 Å². The van der Waals surface area contributed by atoms with Crippen LogP contribution in [0.4, 0.5) is 0 Å². The van der Waals surface area contributed by atoms with Crippen molar-refractivity contribution in [2.45, 2.75) is 90.1 Å². The van der Waals surface area contributed by atoms with Crippen LogP contribution in [-0.4, -0.2) is 17.6 Å². The molecule has 0 N–H and O–H groups in total. The third-order valence-corrected chi connectivity index (χ3v) is 4.91. The molecule has 25 heavy (non-hydrogen) atoms. The number of benzene rings is 1. The summed E-state index contributed by atoms with van der Waals surface area (Å²) < 4.78 is 0. The van der Waals surface area contributed by atoms with Gasteiger partial charge >= 0.3 is 0 Å². The molecule has 2 rings (SSSR count). The third-order valence-electron chi connectivity index (χ3n) is 4.91. The van der Waals surface area contributed by atoms with Gasteiger partial charge in [0.2, 0.25) is 5.78 Å². The molecule has 1 aromatic rings. The van der Waals surface area contributed by atoms with E-state index in [4.69, 9.17) is 4.84 Å². The van der Waals surface area contributed by atoms with Crippen molar-refractivity contribution in [2.75, 3.05) is 0 Å². The summed E-state index contributed by atoms with van der Waals surface area (Å²) in [6.45, 7) is 2.26. The molecule has 1 aliphatic rings. The zero-order valence-electron chi connectivity index (χ0n) is 15.7. The Labute approximate surface area is 152 Å². The number of nitrogens with zero attached hydrogens (tertiary/aromatic N) is 1. The van der Waals surface area contributed by atoms with E-state index in [2.05, 4.69) is 12.1 Å².